The van der Waals surface area contributed by atoms with Crippen molar-refractivity contribution in [1.29, 1.82) is 0 Å². The van der Waals surface area contributed by atoms with E-state index in [1.54, 1.807) is 30.5 Å². The molecule has 0 saturated heterocycles. The summed E-state index contributed by atoms with van der Waals surface area (Å²) in [5, 5.41) is 12.2. The molecular weight excluding hydrogens is 247 g/mol. The predicted molar refractivity (Wildman–Crippen MR) is 69.2 cm³/mol. The van der Waals surface area contributed by atoms with Crippen molar-refractivity contribution in [2.75, 3.05) is 5.32 Å². The highest BCUT2D eigenvalue weighted by Gasteiger charge is 2.36. The Labute approximate surface area is 109 Å². The van der Waals surface area contributed by atoms with Crippen LogP contribution in [0.25, 0.3) is 0 Å². The van der Waals surface area contributed by atoms with Crippen LogP contribution >= 0.6 is 0 Å². The molecule has 2 N–H and O–H groups in total. The lowest BCUT2D eigenvalue weighted by Gasteiger charge is -2.27. The Kier molecular flexibility index (Phi) is 3.46. The van der Waals surface area contributed by atoms with Crippen molar-refractivity contribution < 1.29 is 14.3 Å². The number of nitrogens with one attached hydrogen (secondary N) is 1. The molecular formula is C14H13FN2O2. The predicted octanol–water partition coefficient (Wildman–Crippen LogP) is 2.63. The van der Waals surface area contributed by atoms with Crippen LogP contribution < -0.4 is 5.32 Å². The lowest BCUT2D eigenvalue weighted by Crippen LogP contribution is -2.40. The van der Waals surface area contributed by atoms with E-state index in [4.69, 9.17) is 0 Å². The number of pyridine rings is 1. The number of carboxylic acids is 1. The molecule has 0 bridgehead atoms. The summed E-state index contributed by atoms with van der Waals surface area (Å²) in [5.41, 5.74) is -0.863. The number of rotatable bonds is 4. The van der Waals surface area contributed by atoms with Crippen LogP contribution in [0, 0.1) is 5.82 Å². The van der Waals surface area contributed by atoms with Crippen LogP contribution in [-0.2, 0) is 10.3 Å². The molecule has 0 amide bonds. The summed E-state index contributed by atoms with van der Waals surface area (Å²) >= 11 is 0. The topological polar surface area (TPSA) is 62.2 Å². The van der Waals surface area contributed by atoms with Crippen molar-refractivity contribution in [1.82, 2.24) is 4.98 Å². The Bertz CT molecular complexity index is 589. The van der Waals surface area contributed by atoms with Crippen LogP contribution in [0.15, 0.2) is 48.8 Å². The van der Waals surface area contributed by atoms with Gasteiger partial charge in [0.2, 0.25) is 0 Å². The van der Waals surface area contributed by atoms with Crippen LogP contribution in [0.1, 0.15) is 12.5 Å². The molecule has 4 nitrogen and oxygen atoms in total. The first-order valence-corrected chi connectivity index (χ1v) is 5.70. The zero-order chi connectivity index (χ0) is 13.9. The fraction of sp³-hybridized carbons (Fsp3) is 0.143. The van der Waals surface area contributed by atoms with E-state index in [9.17, 15) is 14.3 Å². The summed E-state index contributed by atoms with van der Waals surface area (Å²) in [6, 6.07) is 9.22. The van der Waals surface area contributed by atoms with Crippen molar-refractivity contribution in [3.63, 3.8) is 0 Å². The van der Waals surface area contributed by atoms with Gasteiger partial charge in [0.1, 0.15) is 5.82 Å². The second-order valence-corrected chi connectivity index (χ2v) is 4.28. The van der Waals surface area contributed by atoms with E-state index in [0.29, 0.717) is 5.56 Å². The van der Waals surface area contributed by atoms with E-state index in [-0.39, 0.29) is 5.69 Å². The number of para-hydroxylation sites is 1. The molecule has 0 fully saturated rings. The van der Waals surface area contributed by atoms with E-state index in [1.807, 2.05) is 0 Å². The Morgan fingerprint density at radius 2 is 2.05 bits per heavy atom. The molecule has 19 heavy (non-hydrogen) atoms. The fourth-order valence-electron chi connectivity index (χ4n) is 1.74. The molecule has 98 valence electrons. The molecule has 1 heterocycles. The Hall–Kier alpha value is -2.43. The van der Waals surface area contributed by atoms with Gasteiger partial charge >= 0.3 is 5.97 Å². The molecule has 1 unspecified atom stereocenters. The summed E-state index contributed by atoms with van der Waals surface area (Å²) in [7, 11) is 0. The number of nitrogens with zero attached hydrogens (tertiary/aromatic N) is 1. The fourth-order valence-corrected chi connectivity index (χ4v) is 1.74. The smallest absolute Gasteiger partial charge is 0.333 e. The first-order valence-electron chi connectivity index (χ1n) is 5.70. The highest BCUT2D eigenvalue weighted by molar-refractivity contribution is 5.84. The third-order valence-electron chi connectivity index (χ3n) is 2.93. The Morgan fingerprint density at radius 3 is 2.63 bits per heavy atom. The lowest BCUT2D eigenvalue weighted by molar-refractivity contribution is -0.142. The normalized spacial score (nSPS) is 13.6. The molecule has 1 aromatic heterocycles. The molecule has 5 heteroatoms. The van der Waals surface area contributed by atoms with Crippen LogP contribution in [0.4, 0.5) is 10.1 Å². The third kappa shape index (κ3) is 2.54. The SMILES string of the molecule is CC(Nc1ccccc1F)(C(=O)O)c1cccnc1. The summed E-state index contributed by atoms with van der Waals surface area (Å²) in [5.74, 6) is -1.61. The van der Waals surface area contributed by atoms with Crippen LogP contribution in [-0.4, -0.2) is 16.1 Å². The van der Waals surface area contributed by atoms with Crippen LogP contribution in [0.5, 0.6) is 0 Å². The number of carboxylic acid groups (broad SMARTS) is 1. The van der Waals surface area contributed by atoms with Gasteiger partial charge in [-0.15, -0.1) is 0 Å². The Balaban J connectivity index is 2.42. The number of hydrogen-bond donors (Lipinski definition) is 2. The van der Waals surface area contributed by atoms with E-state index in [1.165, 1.54) is 25.3 Å². The number of hydrogen-bond acceptors (Lipinski definition) is 3. The summed E-state index contributed by atoms with van der Waals surface area (Å²) in [6.07, 6.45) is 3.00. The van der Waals surface area contributed by atoms with Gasteiger partial charge in [0.25, 0.3) is 0 Å². The summed E-state index contributed by atoms with van der Waals surface area (Å²) in [4.78, 5) is 15.4. The monoisotopic (exact) mass is 260 g/mol. The minimum atomic E-state index is -1.45. The third-order valence-corrected chi connectivity index (χ3v) is 2.93. The maximum Gasteiger partial charge on any atom is 0.333 e. The van der Waals surface area contributed by atoms with E-state index in [0.717, 1.165) is 0 Å². The first kappa shape index (κ1) is 13.0. The van der Waals surface area contributed by atoms with Gasteiger partial charge < -0.3 is 10.4 Å². The summed E-state index contributed by atoms with van der Waals surface area (Å²) < 4.78 is 13.6. The van der Waals surface area contributed by atoms with Crippen molar-refractivity contribution in [3.05, 3.63) is 60.2 Å². The standard InChI is InChI=1S/C14H13FN2O2/c1-14(13(18)19,10-5-4-8-16-9-10)17-12-7-3-2-6-11(12)15/h2-9,17H,1H3,(H,18,19). The van der Waals surface area contributed by atoms with E-state index in [2.05, 4.69) is 10.3 Å². The van der Waals surface area contributed by atoms with Gasteiger partial charge in [-0.05, 0) is 25.1 Å². The minimum Gasteiger partial charge on any atom is -0.479 e. The van der Waals surface area contributed by atoms with E-state index < -0.39 is 17.3 Å². The largest absolute Gasteiger partial charge is 0.479 e. The highest BCUT2D eigenvalue weighted by Crippen LogP contribution is 2.27. The number of benzene rings is 1. The van der Waals surface area contributed by atoms with Gasteiger partial charge in [0.15, 0.2) is 5.54 Å². The maximum absolute atomic E-state index is 13.6. The Morgan fingerprint density at radius 1 is 1.32 bits per heavy atom. The number of anilines is 1. The number of carbonyl (C=O) groups is 1. The maximum atomic E-state index is 13.6. The van der Waals surface area contributed by atoms with Gasteiger partial charge in [-0.25, -0.2) is 9.18 Å². The highest BCUT2D eigenvalue weighted by atomic mass is 19.1. The van der Waals surface area contributed by atoms with Gasteiger partial charge in [-0.3, -0.25) is 4.98 Å². The van der Waals surface area contributed by atoms with Gasteiger partial charge in [-0.2, -0.15) is 0 Å². The molecule has 0 radical (unpaired) electrons. The van der Waals surface area contributed by atoms with Gasteiger partial charge in [-0.1, -0.05) is 18.2 Å². The number of halogens is 1. The van der Waals surface area contributed by atoms with E-state index >= 15 is 0 Å². The molecule has 0 saturated carbocycles. The molecule has 0 spiro atoms. The molecule has 0 aliphatic carbocycles. The van der Waals surface area contributed by atoms with Crippen LogP contribution in [0.3, 0.4) is 0 Å². The molecule has 0 aliphatic heterocycles. The molecule has 1 atom stereocenters. The number of aromatic nitrogens is 1. The second kappa shape index (κ2) is 5.06. The molecule has 0 aliphatic rings. The van der Waals surface area contributed by atoms with Crippen molar-refractivity contribution in [2.45, 2.75) is 12.5 Å². The minimum absolute atomic E-state index is 0.135. The van der Waals surface area contributed by atoms with Gasteiger partial charge in [0.05, 0.1) is 5.69 Å². The second-order valence-electron chi connectivity index (χ2n) is 4.28. The zero-order valence-corrected chi connectivity index (χ0v) is 10.3. The van der Waals surface area contributed by atoms with Gasteiger partial charge in [0, 0.05) is 18.0 Å². The molecule has 2 rings (SSSR count). The molecule has 2 aromatic rings. The number of aliphatic carboxylic acids is 1. The van der Waals surface area contributed by atoms with Crippen LogP contribution in [0.2, 0.25) is 0 Å². The van der Waals surface area contributed by atoms with Crippen molar-refractivity contribution in [3.8, 4) is 0 Å². The quantitative estimate of drug-likeness (QED) is 0.887. The van der Waals surface area contributed by atoms with Crippen molar-refractivity contribution in [2.24, 2.45) is 0 Å². The van der Waals surface area contributed by atoms with Crippen molar-refractivity contribution >= 4 is 11.7 Å². The average Bonchev–Trinajstić information content (AvgIpc) is 2.42. The first-order chi connectivity index (χ1) is 9.04. The summed E-state index contributed by atoms with van der Waals surface area (Å²) in [6.45, 7) is 1.47. The molecule has 1 aromatic carbocycles. The average molecular weight is 260 g/mol. The zero-order valence-electron chi connectivity index (χ0n) is 10.3. The lowest BCUT2D eigenvalue weighted by atomic mass is 9.93.